The smallest absolute Gasteiger partial charge is 0.198 e. The molecule has 1 saturated heterocycles. The van der Waals surface area contributed by atoms with Crippen molar-refractivity contribution in [1.29, 1.82) is 0 Å². The molecule has 0 amide bonds. The Morgan fingerprint density at radius 1 is 1.17 bits per heavy atom. The second-order valence-electron chi connectivity index (χ2n) is 6.98. The van der Waals surface area contributed by atoms with Crippen molar-refractivity contribution < 1.29 is 8.91 Å². The highest BCUT2D eigenvalue weighted by atomic mass is 32.2. The molecule has 1 unspecified atom stereocenters. The fraction of sp³-hybridized carbons (Fsp3) is 0.273. The molecule has 1 atom stereocenters. The Hall–Kier alpha value is -2.80. The molecule has 5 nitrogen and oxygen atoms in total. The van der Waals surface area contributed by atoms with Gasteiger partial charge in [0, 0.05) is 42.1 Å². The van der Waals surface area contributed by atoms with E-state index >= 15 is 0 Å². The van der Waals surface area contributed by atoms with Crippen molar-refractivity contribution in [1.82, 2.24) is 10.1 Å². The van der Waals surface area contributed by atoms with E-state index < -0.39 is 0 Å². The van der Waals surface area contributed by atoms with Gasteiger partial charge in [0.2, 0.25) is 0 Å². The average molecular weight is 411 g/mol. The number of thioether (sulfide) groups is 1. The molecular weight excluding hydrogens is 387 g/mol. The van der Waals surface area contributed by atoms with Crippen LogP contribution in [0.15, 0.2) is 64.1 Å². The molecule has 2 N–H and O–H groups in total. The van der Waals surface area contributed by atoms with E-state index in [1.807, 2.05) is 60.0 Å². The van der Waals surface area contributed by atoms with Crippen LogP contribution in [0.4, 0.5) is 10.2 Å². The van der Waals surface area contributed by atoms with Gasteiger partial charge in [-0.15, -0.1) is 0 Å². The number of rotatable bonds is 4. The predicted octanol–water partition coefficient (Wildman–Crippen LogP) is 4.63. The highest BCUT2D eigenvalue weighted by Gasteiger charge is 2.18. The molecule has 2 aromatic carbocycles. The maximum absolute atomic E-state index is 14.7. The number of nitrogens with two attached hydrogens (primary N) is 1. The standard InChI is InChI=1S/C22H23FN4OS/c1-15(17-7-8-18(19(23)13-17)16-5-3-2-4-6-16)20-14-21(26-28-20)25-22(24)27-9-11-29-12-10-27/h2-8,13-15H,9-12H2,1H3,(H2,24,25,26). The molecule has 1 aliphatic rings. The summed E-state index contributed by atoms with van der Waals surface area (Å²) in [6.07, 6.45) is 0. The number of nitrogens with zero attached hydrogens (tertiary/aromatic N) is 3. The number of benzene rings is 2. The van der Waals surface area contributed by atoms with Gasteiger partial charge >= 0.3 is 0 Å². The van der Waals surface area contributed by atoms with E-state index in [1.165, 1.54) is 0 Å². The van der Waals surface area contributed by atoms with Gasteiger partial charge in [-0.25, -0.2) is 4.39 Å². The van der Waals surface area contributed by atoms with E-state index in [-0.39, 0.29) is 11.7 Å². The lowest BCUT2D eigenvalue weighted by Crippen LogP contribution is -2.42. The zero-order chi connectivity index (χ0) is 20.2. The van der Waals surface area contributed by atoms with Crippen molar-refractivity contribution >= 4 is 23.5 Å². The summed E-state index contributed by atoms with van der Waals surface area (Å²) in [4.78, 5) is 6.43. The largest absolute Gasteiger partial charge is 0.369 e. The number of hydrogen-bond donors (Lipinski definition) is 1. The minimum absolute atomic E-state index is 0.154. The minimum Gasteiger partial charge on any atom is -0.369 e. The second-order valence-corrected chi connectivity index (χ2v) is 8.21. The lowest BCUT2D eigenvalue weighted by atomic mass is 9.95. The van der Waals surface area contributed by atoms with E-state index in [1.54, 1.807) is 18.2 Å². The molecule has 2 heterocycles. The van der Waals surface area contributed by atoms with Gasteiger partial charge in [0.05, 0.1) is 0 Å². The highest BCUT2D eigenvalue weighted by Crippen LogP contribution is 2.30. The summed E-state index contributed by atoms with van der Waals surface area (Å²) in [5.74, 6) is 3.19. The molecule has 3 aromatic rings. The van der Waals surface area contributed by atoms with Gasteiger partial charge in [0.25, 0.3) is 0 Å². The summed E-state index contributed by atoms with van der Waals surface area (Å²) < 4.78 is 20.2. The Kier molecular flexibility index (Phi) is 5.85. The molecule has 0 bridgehead atoms. The minimum atomic E-state index is -0.259. The number of aliphatic imine (C=N–C) groups is 1. The third-order valence-corrected chi connectivity index (χ3v) is 6.03. The Balaban J connectivity index is 1.51. The fourth-order valence-corrected chi connectivity index (χ4v) is 4.24. The van der Waals surface area contributed by atoms with Crippen LogP contribution in [0.3, 0.4) is 0 Å². The molecular formula is C22H23FN4OS. The van der Waals surface area contributed by atoms with Crippen LogP contribution in [-0.2, 0) is 0 Å². The van der Waals surface area contributed by atoms with Crippen LogP contribution in [0.2, 0.25) is 0 Å². The second kappa shape index (κ2) is 8.69. The Bertz CT molecular complexity index is 999. The molecule has 7 heteroatoms. The van der Waals surface area contributed by atoms with E-state index in [0.29, 0.717) is 23.1 Å². The lowest BCUT2D eigenvalue weighted by molar-refractivity contribution is 0.377. The maximum atomic E-state index is 14.7. The van der Waals surface area contributed by atoms with Gasteiger partial charge in [-0.1, -0.05) is 54.5 Å². The molecule has 0 saturated carbocycles. The fourth-order valence-electron chi connectivity index (χ4n) is 3.33. The van der Waals surface area contributed by atoms with Crippen LogP contribution in [0, 0.1) is 5.82 Å². The topological polar surface area (TPSA) is 67.7 Å². The van der Waals surface area contributed by atoms with Crippen LogP contribution < -0.4 is 5.73 Å². The van der Waals surface area contributed by atoms with Gasteiger partial charge in [0.1, 0.15) is 11.6 Å². The Morgan fingerprint density at radius 2 is 1.93 bits per heavy atom. The van der Waals surface area contributed by atoms with Crippen molar-refractivity contribution in [2.45, 2.75) is 12.8 Å². The Labute approximate surface area is 173 Å². The first-order valence-corrected chi connectivity index (χ1v) is 10.8. The van der Waals surface area contributed by atoms with Crippen LogP contribution in [-0.4, -0.2) is 40.6 Å². The molecule has 4 rings (SSSR count). The zero-order valence-corrected chi connectivity index (χ0v) is 17.0. The molecule has 1 aromatic heterocycles. The van der Waals surface area contributed by atoms with Gasteiger partial charge in [-0.3, -0.25) is 0 Å². The molecule has 0 radical (unpaired) electrons. The SMILES string of the molecule is CC(c1ccc(-c2ccccc2)c(F)c1)c1cc(N=C(N)N2CCSCC2)no1. The summed E-state index contributed by atoms with van der Waals surface area (Å²) >= 11 is 1.91. The monoisotopic (exact) mass is 410 g/mol. The molecule has 150 valence electrons. The Morgan fingerprint density at radius 3 is 2.66 bits per heavy atom. The van der Waals surface area contributed by atoms with Gasteiger partial charge in [-0.2, -0.15) is 16.8 Å². The van der Waals surface area contributed by atoms with Crippen LogP contribution in [0.5, 0.6) is 0 Å². The summed E-state index contributed by atoms with van der Waals surface area (Å²) in [5, 5.41) is 4.02. The van der Waals surface area contributed by atoms with Crippen LogP contribution >= 0.6 is 11.8 Å². The summed E-state index contributed by atoms with van der Waals surface area (Å²) in [6, 6.07) is 16.5. The molecule has 1 fully saturated rings. The van der Waals surface area contributed by atoms with E-state index in [0.717, 1.165) is 35.7 Å². The maximum Gasteiger partial charge on any atom is 0.198 e. The molecule has 0 aliphatic carbocycles. The molecule has 1 aliphatic heterocycles. The normalized spacial score (nSPS) is 16.1. The van der Waals surface area contributed by atoms with Crippen molar-refractivity contribution in [2.24, 2.45) is 10.7 Å². The van der Waals surface area contributed by atoms with Gasteiger partial charge < -0.3 is 15.2 Å². The van der Waals surface area contributed by atoms with E-state index in [4.69, 9.17) is 10.3 Å². The van der Waals surface area contributed by atoms with E-state index in [2.05, 4.69) is 10.1 Å². The van der Waals surface area contributed by atoms with Crippen molar-refractivity contribution in [3.8, 4) is 11.1 Å². The quantitative estimate of drug-likeness (QED) is 0.502. The number of guanidine groups is 1. The molecule has 29 heavy (non-hydrogen) atoms. The lowest BCUT2D eigenvalue weighted by Gasteiger charge is -2.26. The average Bonchev–Trinajstić information content (AvgIpc) is 3.23. The van der Waals surface area contributed by atoms with Crippen molar-refractivity contribution in [2.75, 3.05) is 24.6 Å². The first-order valence-electron chi connectivity index (χ1n) is 9.60. The molecule has 0 spiro atoms. The highest BCUT2D eigenvalue weighted by molar-refractivity contribution is 7.99. The summed E-state index contributed by atoms with van der Waals surface area (Å²) in [5.41, 5.74) is 8.35. The number of hydrogen-bond acceptors (Lipinski definition) is 4. The first kappa shape index (κ1) is 19.5. The first-order chi connectivity index (χ1) is 14.1. The number of halogens is 1. The zero-order valence-electron chi connectivity index (χ0n) is 16.2. The van der Waals surface area contributed by atoms with Gasteiger partial charge in [-0.05, 0) is 17.2 Å². The third-order valence-electron chi connectivity index (χ3n) is 5.08. The predicted molar refractivity (Wildman–Crippen MR) is 116 cm³/mol. The number of aromatic nitrogens is 1. The summed E-state index contributed by atoms with van der Waals surface area (Å²) in [7, 11) is 0. The van der Waals surface area contributed by atoms with Crippen molar-refractivity contribution in [3.05, 3.63) is 71.7 Å². The van der Waals surface area contributed by atoms with Crippen LogP contribution in [0.1, 0.15) is 24.2 Å². The third kappa shape index (κ3) is 4.45. The van der Waals surface area contributed by atoms with Crippen molar-refractivity contribution in [3.63, 3.8) is 0 Å². The van der Waals surface area contributed by atoms with Gasteiger partial charge in [0.15, 0.2) is 11.8 Å². The van der Waals surface area contributed by atoms with E-state index in [9.17, 15) is 4.39 Å². The summed E-state index contributed by atoms with van der Waals surface area (Å²) in [6.45, 7) is 3.72. The van der Waals surface area contributed by atoms with Crippen LogP contribution in [0.25, 0.3) is 11.1 Å².